The molecule has 1 amide bonds. The minimum atomic E-state index is -4.66. The lowest BCUT2D eigenvalue weighted by Crippen LogP contribution is -2.60. The highest BCUT2D eigenvalue weighted by molar-refractivity contribution is 7.90. The molecule has 4 saturated heterocycles. The lowest BCUT2D eigenvalue weighted by molar-refractivity contribution is -0.384. The first-order chi connectivity index (χ1) is 44.0. The molecule has 484 valence electrons. The van der Waals surface area contributed by atoms with Crippen molar-refractivity contribution in [1.82, 2.24) is 29.5 Å². The number of piperazine rings is 1. The first-order valence-electron chi connectivity index (χ1n) is 32.5. The second-order valence-corrected chi connectivity index (χ2v) is 28.4. The standard InChI is InChI=1S/C67H83N11O12S/c1-42(2)89-59-8-6-5-7-48(59)57-38-75(58-40-88-39-52-50(58)34-60(85-4)63(70-52)74-26-29-86-30-27-74)24-25-76(57)46-35-67(36-46)19-22-73(23-20-67)45-9-11-49(54(32-45)77-53-16-28-87-41-61(53)90-65-56(77)31-44-15-21-68-62(44)71-65)64(79)72-91(83,84)47-10-12-51(55(33-47)78(81)82)69-37-43-13-17-66(3,80)18-14-43/h5-12,15,21,31-34,42-43,46,53,57-58,61,69,80H,13-14,16-20,22-30,35-41H2,1-4H3,(H,68,71)(H,72,79)/t43?,53-,57+,58-,61-,66?/m0/s1. The number of carbonyl (C=O) groups is 1. The SMILES string of the molecule is COc1cc2c(nc1N1CCOCC1)COC[C@@H]2N1CCN(C2CC3(CCN(c4ccc(C(=O)NS(=O)(=O)c5ccc(NCC6CCC(C)(O)CC6)c([N+](=O)[O-])c5)c(N5c6cc7cc[nH]c7nc6O[C@H]6COCC[C@@H]65)c4)CC3)C2)[C@@H](c2ccccc2OC(C)C)C1. The average Bonchev–Trinajstić information content (AvgIpc) is 1.38. The number of carbonyl (C=O) groups excluding carboxylic acids is 1. The second kappa shape index (κ2) is 25.0. The molecule has 0 bridgehead atoms. The molecule has 3 aromatic carbocycles. The van der Waals surface area contributed by atoms with Gasteiger partial charge in [0, 0.05) is 93.9 Å². The Labute approximate surface area is 530 Å². The van der Waals surface area contributed by atoms with Crippen LogP contribution in [0, 0.1) is 21.4 Å². The van der Waals surface area contributed by atoms with Gasteiger partial charge < -0.3 is 58.5 Å². The maximum Gasteiger partial charge on any atom is 0.293 e. The van der Waals surface area contributed by atoms with Crippen molar-refractivity contribution in [2.75, 3.05) is 113 Å². The number of nitro groups is 1. The fourth-order valence-corrected chi connectivity index (χ4v) is 16.5. The Morgan fingerprint density at radius 3 is 2.43 bits per heavy atom. The Kier molecular flexibility index (Phi) is 16.8. The zero-order valence-corrected chi connectivity index (χ0v) is 53.1. The number of anilines is 5. The van der Waals surface area contributed by atoms with Gasteiger partial charge in [0.2, 0.25) is 5.88 Å². The smallest absolute Gasteiger partial charge is 0.293 e. The maximum atomic E-state index is 14.9. The van der Waals surface area contributed by atoms with Crippen molar-refractivity contribution in [3.05, 3.63) is 118 Å². The Hall–Kier alpha value is -7.32. The number of benzene rings is 3. The summed E-state index contributed by atoms with van der Waals surface area (Å²) < 4.78 is 68.2. The molecule has 0 radical (unpaired) electrons. The quantitative estimate of drug-likeness (QED) is 0.0521. The molecule has 2 saturated carbocycles. The van der Waals surface area contributed by atoms with Gasteiger partial charge in [-0.2, -0.15) is 4.98 Å². The van der Waals surface area contributed by atoms with Gasteiger partial charge in [-0.15, -0.1) is 0 Å². The van der Waals surface area contributed by atoms with Crippen LogP contribution in [0.1, 0.15) is 118 Å². The van der Waals surface area contributed by atoms with Gasteiger partial charge in [0.25, 0.3) is 21.6 Å². The molecule has 2 aliphatic carbocycles. The molecule has 9 heterocycles. The number of hydrogen-bond acceptors (Lipinski definition) is 20. The van der Waals surface area contributed by atoms with Crippen molar-refractivity contribution >= 4 is 61.2 Å². The topological polar surface area (TPSA) is 252 Å². The number of aromatic nitrogens is 3. The van der Waals surface area contributed by atoms with Crippen LogP contribution in [0.5, 0.6) is 17.4 Å². The molecule has 91 heavy (non-hydrogen) atoms. The van der Waals surface area contributed by atoms with Crippen molar-refractivity contribution in [1.29, 1.82) is 0 Å². The Morgan fingerprint density at radius 1 is 0.846 bits per heavy atom. The lowest BCUT2D eigenvalue weighted by atomic mass is 9.59. The van der Waals surface area contributed by atoms with E-state index in [2.05, 4.69) is 83.7 Å². The van der Waals surface area contributed by atoms with Crippen molar-refractivity contribution < 1.29 is 51.7 Å². The highest BCUT2D eigenvalue weighted by Crippen LogP contribution is 2.55. The van der Waals surface area contributed by atoms with Gasteiger partial charge in [-0.3, -0.25) is 24.7 Å². The number of rotatable bonds is 16. The number of fused-ring (bicyclic) bond motifs is 4. The van der Waals surface area contributed by atoms with Crippen LogP contribution in [0.15, 0.2) is 90.0 Å². The fourth-order valence-electron chi connectivity index (χ4n) is 15.5. The number of hydrogen-bond donors (Lipinski definition) is 4. The van der Waals surface area contributed by atoms with Gasteiger partial charge in [-0.25, -0.2) is 18.1 Å². The number of para-hydroxylation sites is 1. The molecule has 8 aliphatic rings. The number of aliphatic hydroxyl groups is 1. The molecule has 24 heteroatoms. The number of nitrogens with zero attached hydrogens (tertiary/aromatic N) is 8. The second-order valence-electron chi connectivity index (χ2n) is 26.8. The molecule has 4 N–H and O–H groups in total. The molecular weight excluding hydrogens is 1180 g/mol. The number of piperidine rings is 1. The summed E-state index contributed by atoms with van der Waals surface area (Å²) in [6.07, 6.45) is 8.72. The summed E-state index contributed by atoms with van der Waals surface area (Å²) in [4.78, 5) is 51.7. The highest BCUT2D eigenvalue weighted by atomic mass is 32.2. The molecule has 14 rings (SSSR count). The van der Waals surface area contributed by atoms with E-state index in [0.29, 0.717) is 87.8 Å². The molecule has 0 unspecified atom stereocenters. The van der Waals surface area contributed by atoms with E-state index in [0.717, 1.165) is 130 Å². The van der Waals surface area contributed by atoms with Gasteiger partial charge in [0.15, 0.2) is 11.6 Å². The van der Waals surface area contributed by atoms with E-state index in [1.165, 1.54) is 17.7 Å². The van der Waals surface area contributed by atoms with Gasteiger partial charge >= 0.3 is 0 Å². The van der Waals surface area contributed by atoms with Crippen LogP contribution >= 0.6 is 0 Å². The van der Waals surface area contributed by atoms with Crippen molar-refractivity contribution in [3.63, 3.8) is 0 Å². The monoisotopic (exact) mass is 1270 g/mol. The molecular formula is C67H83N11O12S. The number of nitro benzene ring substituents is 1. The highest BCUT2D eigenvalue weighted by Gasteiger charge is 2.51. The summed E-state index contributed by atoms with van der Waals surface area (Å²) in [5.74, 6) is 2.17. The van der Waals surface area contributed by atoms with Crippen LogP contribution in [-0.2, 0) is 30.8 Å². The van der Waals surface area contributed by atoms with E-state index >= 15 is 0 Å². The number of sulfonamides is 1. The van der Waals surface area contributed by atoms with Crippen LogP contribution in [0.3, 0.4) is 0 Å². The fraction of sp³-hybridized carbons (Fsp3) is 0.537. The summed E-state index contributed by atoms with van der Waals surface area (Å²) in [5, 5.41) is 27.0. The predicted molar refractivity (Wildman–Crippen MR) is 343 cm³/mol. The number of amides is 1. The van der Waals surface area contributed by atoms with E-state index in [-0.39, 0.29) is 53.4 Å². The molecule has 3 aromatic heterocycles. The summed E-state index contributed by atoms with van der Waals surface area (Å²) in [7, 11) is -2.94. The summed E-state index contributed by atoms with van der Waals surface area (Å²) >= 11 is 0. The van der Waals surface area contributed by atoms with E-state index in [4.69, 9.17) is 38.4 Å². The van der Waals surface area contributed by atoms with E-state index in [1.54, 1.807) is 13.2 Å². The Morgan fingerprint density at radius 2 is 1.65 bits per heavy atom. The molecule has 6 aromatic rings. The number of nitrogens with one attached hydrogen (secondary N) is 3. The molecule has 4 atom stereocenters. The Balaban J connectivity index is 0.718. The van der Waals surface area contributed by atoms with E-state index in [1.807, 2.05) is 37.4 Å². The zero-order chi connectivity index (χ0) is 62.8. The molecule has 6 aliphatic heterocycles. The van der Waals surface area contributed by atoms with E-state index < -0.39 is 43.1 Å². The van der Waals surface area contributed by atoms with Crippen LogP contribution < -0.4 is 38.9 Å². The minimum Gasteiger partial charge on any atom is -0.493 e. The van der Waals surface area contributed by atoms with Gasteiger partial charge in [-0.05, 0) is 150 Å². The molecule has 1 spiro atoms. The number of morpholine rings is 1. The first kappa shape index (κ1) is 61.2. The summed E-state index contributed by atoms with van der Waals surface area (Å²) in [6.45, 7) is 15.0. The van der Waals surface area contributed by atoms with Crippen molar-refractivity contribution in [2.45, 2.75) is 132 Å². The Bertz CT molecular complexity index is 3800. The van der Waals surface area contributed by atoms with Crippen LogP contribution in [0.25, 0.3) is 11.0 Å². The van der Waals surface area contributed by atoms with Gasteiger partial charge in [0.05, 0.1) is 96.7 Å². The predicted octanol–water partition coefficient (Wildman–Crippen LogP) is 9.04. The summed E-state index contributed by atoms with van der Waals surface area (Å²) in [6, 6.07) is 24.0. The number of methoxy groups -OCH3 is 1. The zero-order valence-electron chi connectivity index (χ0n) is 52.3. The molecule has 23 nitrogen and oxygen atoms in total. The minimum absolute atomic E-state index is 0.000479. The largest absolute Gasteiger partial charge is 0.493 e. The van der Waals surface area contributed by atoms with Crippen LogP contribution in [0.2, 0.25) is 0 Å². The number of ether oxygens (including phenoxy) is 6. The van der Waals surface area contributed by atoms with Crippen molar-refractivity contribution in [3.8, 4) is 17.4 Å². The third kappa shape index (κ3) is 12.2. The number of pyridine rings is 2. The third-order valence-electron chi connectivity index (χ3n) is 20.6. The number of H-pyrrole nitrogens is 1. The summed E-state index contributed by atoms with van der Waals surface area (Å²) in [5.41, 5.74) is 5.17. The van der Waals surface area contributed by atoms with Gasteiger partial charge in [0.1, 0.15) is 28.9 Å². The third-order valence-corrected chi connectivity index (χ3v) is 21.9. The van der Waals surface area contributed by atoms with Crippen LogP contribution in [0.4, 0.5) is 34.3 Å². The van der Waals surface area contributed by atoms with E-state index in [9.17, 15) is 28.4 Å². The number of aromatic amines is 1. The van der Waals surface area contributed by atoms with Crippen molar-refractivity contribution in [2.24, 2.45) is 11.3 Å². The average molecular weight is 1270 g/mol. The maximum absolute atomic E-state index is 14.9. The van der Waals surface area contributed by atoms with Crippen LogP contribution in [-0.4, -0.2) is 172 Å². The normalized spacial score (nSPS) is 25.5. The lowest BCUT2D eigenvalue weighted by Gasteiger charge is -2.58. The molecule has 6 fully saturated rings. The van der Waals surface area contributed by atoms with Gasteiger partial charge in [-0.1, -0.05) is 18.2 Å². The first-order valence-corrected chi connectivity index (χ1v) is 33.9.